The molecule has 1 aliphatic heterocycles. The summed E-state index contributed by atoms with van der Waals surface area (Å²) in [5, 5.41) is 4.71. The molecule has 10 nitrogen and oxygen atoms in total. The van der Waals surface area contributed by atoms with E-state index in [1.807, 2.05) is 6.92 Å². The van der Waals surface area contributed by atoms with E-state index in [9.17, 15) is 18.0 Å². The molecule has 0 unspecified atom stereocenters. The van der Waals surface area contributed by atoms with Crippen LogP contribution in [0.3, 0.4) is 0 Å². The van der Waals surface area contributed by atoms with Crippen LogP contribution >= 0.6 is 0 Å². The highest BCUT2D eigenvalue weighted by molar-refractivity contribution is 5.94. The summed E-state index contributed by atoms with van der Waals surface area (Å²) in [5.74, 6) is 1.64. The summed E-state index contributed by atoms with van der Waals surface area (Å²) in [6.07, 6.45) is 0.269. The molecule has 6 rings (SSSR count). The van der Waals surface area contributed by atoms with Crippen LogP contribution in [0.15, 0.2) is 36.8 Å². The number of carbonyl (C=O) groups excluding carboxylic acids is 1. The number of benzene rings is 1. The third kappa shape index (κ3) is 4.82. The van der Waals surface area contributed by atoms with Gasteiger partial charge in [-0.15, -0.1) is 5.10 Å². The van der Waals surface area contributed by atoms with Crippen LogP contribution < -0.4 is 9.64 Å². The van der Waals surface area contributed by atoms with Gasteiger partial charge < -0.3 is 9.30 Å². The molecule has 0 radical (unpaired) electrons. The van der Waals surface area contributed by atoms with Crippen molar-refractivity contribution >= 4 is 11.9 Å². The topological polar surface area (TPSA) is 104 Å². The third-order valence-corrected chi connectivity index (χ3v) is 7.51. The number of aromatic nitrogens is 7. The molecule has 1 saturated carbocycles. The molecule has 2 aliphatic rings. The Morgan fingerprint density at radius 2 is 1.78 bits per heavy atom. The first kappa shape index (κ1) is 26.9. The second-order valence-corrected chi connectivity index (χ2v) is 10.6. The van der Waals surface area contributed by atoms with E-state index in [0.29, 0.717) is 41.2 Å². The zero-order valence-electron chi connectivity index (χ0n) is 23.1. The van der Waals surface area contributed by atoms with Gasteiger partial charge in [-0.1, -0.05) is 24.3 Å². The number of carbonyl (C=O) groups is 1. The Morgan fingerprint density at radius 3 is 2.41 bits per heavy atom. The van der Waals surface area contributed by atoms with Gasteiger partial charge in [0.05, 0.1) is 25.4 Å². The molecule has 1 aliphatic carbocycles. The van der Waals surface area contributed by atoms with Gasteiger partial charge in [0.2, 0.25) is 17.7 Å². The normalized spacial score (nSPS) is 16.3. The maximum Gasteiger partial charge on any atom is 0.434 e. The van der Waals surface area contributed by atoms with Crippen molar-refractivity contribution in [1.82, 2.24) is 34.3 Å². The molecule has 0 spiro atoms. The molecule has 1 atom stereocenters. The molecule has 1 fully saturated rings. The number of imidazole rings is 1. The number of hydrogen-bond acceptors (Lipinski definition) is 7. The van der Waals surface area contributed by atoms with Crippen molar-refractivity contribution in [1.29, 1.82) is 0 Å². The Morgan fingerprint density at radius 1 is 1.05 bits per heavy atom. The summed E-state index contributed by atoms with van der Waals surface area (Å²) in [6, 6.07) is 6.43. The molecule has 214 valence electrons. The SMILES string of the molecule is COc1ncnc(C2CC2)c1-c1nc2n(n1)CCC(=O)N2[C@@H](C)c1ccc(-c2nc(C(F)(F)F)cn2C(C)C)cc1. The number of hydrogen-bond donors (Lipinski definition) is 0. The lowest BCUT2D eigenvalue weighted by Gasteiger charge is -2.31. The summed E-state index contributed by atoms with van der Waals surface area (Å²) in [6.45, 7) is 5.88. The van der Waals surface area contributed by atoms with E-state index in [4.69, 9.17) is 14.8 Å². The number of nitrogens with zero attached hydrogens (tertiary/aromatic N) is 8. The van der Waals surface area contributed by atoms with Gasteiger partial charge in [0.1, 0.15) is 17.7 Å². The molecule has 0 N–H and O–H groups in total. The number of methoxy groups -OCH3 is 1. The first-order valence-corrected chi connectivity index (χ1v) is 13.5. The molecule has 41 heavy (non-hydrogen) atoms. The van der Waals surface area contributed by atoms with Crippen LogP contribution in [0.1, 0.15) is 75.0 Å². The van der Waals surface area contributed by atoms with Crippen LogP contribution in [-0.4, -0.2) is 47.3 Å². The predicted molar refractivity (Wildman–Crippen MR) is 143 cm³/mol. The second-order valence-electron chi connectivity index (χ2n) is 10.6. The van der Waals surface area contributed by atoms with E-state index in [0.717, 1.165) is 30.3 Å². The Balaban J connectivity index is 1.33. The fraction of sp³-hybridized carbons (Fsp3) is 0.429. The Bertz CT molecular complexity index is 1610. The van der Waals surface area contributed by atoms with Crippen molar-refractivity contribution in [2.45, 2.75) is 70.8 Å². The highest BCUT2D eigenvalue weighted by atomic mass is 19.4. The summed E-state index contributed by atoms with van der Waals surface area (Å²) >= 11 is 0. The van der Waals surface area contributed by atoms with Crippen molar-refractivity contribution in [2.24, 2.45) is 0 Å². The monoisotopic (exact) mass is 566 g/mol. The fourth-order valence-electron chi connectivity index (χ4n) is 5.20. The number of fused-ring (bicyclic) bond motifs is 1. The van der Waals surface area contributed by atoms with Gasteiger partial charge in [0.15, 0.2) is 11.5 Å². The van der Waals surface area contributed by atoms with Crippen LogP contribution in [0, 0.1) is 0 Å². The van der Waals surface area contributed by atoms with E-state index < -0.39 is 17.9 Å². The average Bonchev–Trinajstić information content (AvgIpc) is 3.53. The number of aryl methyl sites for hydroxylation is 1. The molecule has 4 heterocycles. The van der Waals surface area contributed by atoms with E-state index >= 15 is 0 Å². The minimum absolute atomic E-state index is 0.100. The minimum atomic E-state index is -4.54. The van der Waals surface area contributed by atoms with Gasteiger partial charge in [-0.25, -0.2) is 19.6 Å². The zero-order chi connectivity index (χ0) is 29.1. The second kappa shape index (κ2) is 9.96. The van der Waals surface area contributed by atoms with Crippen LogP contribution in [0.4, 0.5) is 19.1 Å². The number of ether oxygens (including phenoxy) is 1. The van der Waals surface area contributed by atoms with Crippen molar-refractivity contribution in [2.75, 3.05) is 12.0 Å². The number of rotatable bonds is 7. The lowest BCUT2D eigenvalue weighted by Crippen LogP contribution is -2.39. The molecule has 13 heteroatoms. The van der Waals surface area contributed by atoms with E-state index in [2.05, 4.69) is 15.0 Å². The standard InChI is InChI=1S/C28H29F3N8O2/c1-15(2)37-13-20(28(29,30)31)34-25(37)19-9-5-17(6-10-19)16(3)39-21(40)11-12-38-27(39)35-24(36-38)22-23(18-7-8-18)32-14-33-26(22)41-4/h5-6,9-10,13-16,18H,7-8,11-12H2,1-4H3/t16-/m0/s1. The van der Waals surface area contributed by atoms with Gasteiger partial charge in [-0.05, 0) is 39.2 Å². The van der Waals surface area contributed by atoms with E-state index in [1.165, 1.54) is 18.0 Å². The van der Waals surface area contributed by atoms with Crippen molar-refractivity contribution < 1.29 is 22.7 Å². The lowest BCUT2D eigenvalue weighted by molar-refractivity contribution is -0.141. The maximum absolute atomic E-state index is 13.4. The molecular formula is C28H29F3N8O2. The molecular weight excluding hydrogens is 537 g/mol. The fourth-order valence-corrected chi connectivity index (χ4v) is 5.20. The Kier molecular flexibility index (Phi) is 6.54. The van der Waals surface area contributed by atoms with Crippen LogP contribution in [-0.2, 0) is 17.5 Å². The highest BCUT2D eigenvalue weighted by Gasteiger charge is 2.37. The van der Waals surface area contributed by atoms with Crippen LogP contribution in [0.5, 0.6) is 5.88 Å². The number of halogens is 3. The van der Waals surface area contributed by atoms with E-state index in [1.54, 1.807) is 47.7 Å². The van der Waals surface area contributed by atoms with Gasteiger partial charge in [0, 0.05) is 30.1 Å². The zero-order valence-corrected chi connectivity index (χ0v) is 23.1. The van der Waals surface area contributed by atoms with Crippen molar-refractivity contribution in [3.8, 4) is 28.7 Å². The molecule has 3 aromatic heterocycles. The summed E-state index contributed by atoms with van der Waals surface area (Å²) in [5.41, 5.74) is 1.89. The number of alkyl halides is 3. The third-order valence-electron chi connectivity index (χ3n) is 7.51. The van der Waals surface area contributed by atoms with Gasteiger partial charge in [0.25, 0.3) is 0 Å². The minimum Gasteiger partial charge on any atom is -0.480 e. The Hall–Kier alpha value is -4.29. The van der Waals surface area contributed by atoms with Gasteiger partial charge >= 0.3 is 6.18 Å². The van der Waals surface area contributed by atoms with E-state index in [-0.39, 0.29) is 24.2 Å². The average molecular weight is 567 g/mol. The Labute approximate surface area is 234 Å². The van der Waals surface area contributed by atoms with Gasteiger partial charge in [-0.2, -0.15) is 18.2 Å². The van der Waals surface area contributed by atoms with Crippen molar-refractivity contribution in [3.05, 3.63) is 53.7 Å². The lowest BCUT2D eigenvalue weighted by atomic mass is 10.0. The van der Waals surface area contributed by atoms with Crippen LogP contribution in [0.2, 0.25) is 0 Å². The van der Waals surface area contributed by atoms with Crippen molar-refractivity contribution in [3.63, 3.8) is 0 Å². The summed E-state index contributed by atoms with van der Waals surface area (Å²) in [7, 11) is 1.54. The number of amides is 1. The van der Waals surface area contributed by atoms with Gasteiger partial charge in [-0.3, -0.25) is 9.69 Å². The van der Waals surface area contributed by atoms with Crippen LogP contribution in [0.25, 0.3) is 22.8 Å². The first-order valence-electron chi connectivity index (χ1n) is 13.5. The number of anilines is 1. The first-order chi connectivity index (χ1) is 19.6. The summed E-state index contributed by atoms with van der Waals surface area (Å²) < 4.78 is 48.9. The molecule has 0 saturated heterocycles. The largest absolute Gasteiger partial charge is 0.480 e. The maximum atomic E-state index is 13.4. The molecule has 0 bridgehead atoms. The summed E-state index contributed by atoms with van der Waals surface area (Å²) in [4.78, 5) is 32.2. The quantitative estimate of drug-likeness (QED) is 0.288. The molecule has 1 amide bonds. The predicted octanol–water partition coefficient (Wildman–Crippen LogP) is 5.58. The smallest absolute Gasteiger partial charge is 0.434 e. The molecule has 1 aromatic carbocycles. The molecule has 4 aromatic rings. The highest BCUT2D eigenvalue weighted by Crippen LogP contribution is 2.45.